The molecule has 0 unspecified atom stereocenters. The quantitative estimate of drug-likeness (QED) is 0.176. The molecule has 1 aromatic carbocycles. The summed E-state index contributed by atoms with van der Waals surface area (Å²) in [6, 6.07) is 6.67. The molecule has 0 aromatic heterocycles. The van der Waals surface area contributed by atoms with Crippen molar-refractivity contribution in [2.24, 2.45) is 4.99 Å². The number of nitro benzene ring substituents is 1. The summed E-state index contributed by atoms with van der Waals surface area (Å²) in [7, 11) is 0. The number of para-hydroxylation sites is 1. The topological polar surface area (TPSA) is 79.6 Å². The van der Waals surface area contributed by atoms with Crippen molar-refractivity contribution in [3.8, 4) is 0 Å². The summed E-state index contributed by atoms with van der Waals surface area (Å²) in [6.07, 6.45) is 2.04. The van der Waals surface area contributed by atoms with E-state index in [1.54, 1.807) is 30.0 Å². The lowest BCUT2D eigenvalue weighted by Crippen LogP contribution is -2.38. The van der Waals surface area contributed by atoms with Gasteiger partial charge in [-0.25, -0.2) is 4.99 Å². The number of halogens is 1. The summed E-state index contributed by atoms with van der Waals surface area (Å²) in [6.45, 7) is 3.83. The second-order valence-corrected chi connectivity index (χ2v) is 4.99. The molecule has 0 aliphatic rings. The zero-order chi connectivity index (χ0) is 14.8. The van der Waals surface area contributed by atoms with Gasteiger partial charge in [0.1, 0.15) is 0 Å². The number of nitrogens with one attached hydrogen (secondary N) is 2. The molecule has 0 spiro atoms. The molecule has 0 aliphatic heterocycles. The van der Waals surface area contributed by atoms with Crippen molar-refractivity contribution < 1.29 is 4.92 Å². The highest BCUT2D eigenvalue weighted by Gasteiger charge is 2.11. The van der Waals surface area contributed by atoms with Gasteiger partial charge in [-0.1, -0.05) is 18.2 Å². The van der Waals surface area contributed by atoms with Crippen LogP contribution in [0.4, 0.5) is 5.69 Å². The summed E-state index contributed by atoms with van der Waals surface area (Å²) >= 11 is 1.75. The second-order valence-electron chi connectivity index (χ2n) is 4.00. The number of nitrogens with zero attached hydrogens (tertiary/aromatic N) is 2. The van der Waals surface area contributed by atoms with E-state index in [4.69, 9.17) is 0 Å². The first-order valence-corrected chi connectivity index (χ1v) is 7.81. The van der Waals surface area contributed by atoms with Gasteiger partial charge in [0.15, 0.2) is 5.96 Å². The number of benzene rings is 1. The molecule has 118 valence electrons. The van der Waals surface area contributed by atoms with Crippen LogP contribution >= 0.6 is 35.7 Å². The second kappa shape index (κ2) is 11.6. The number of hydrogen-bond acceptors (Lipinski definition) is 4. The molecule has 0 bridgehead atoms. The smallest absolute Gasteiger partial charge is 0.274 e. The highest BCUT2D eigenvalue weighted by Crippen LogP contribution is 2.18. The molecule has 0 saturated carbocycles. The molecule has 0 amide bonds. The Labute approximate surface area is 146 Å². The number of hydrogen-bond donors (Lipinski definition) is 2. The molecule has 21 heavy (non-hydrogen) atoms. The van der Waals surface area contributed by atoms with Gasteiger partial charge < -0.3 is 10.6 Å². The lowest BCUT2D eigenvalue weighted by Gasteiger charge is -2.10. The molecule has 1 rings (SSSR count). The molecular weight excluding hydrogens is 403 g/mol. The molecule has 0 aliphatic carbocycles. The van der Waals surface area contributed by atoms with Crippen LogP contribution in [0.15, 0.2) is 29.3 Å². The first-order valence-electron chi connectivity index (χ1n) is 6.42. The Morgan fingerprint density at radius 1 is 1.38 bits per heavy atom. The molecule has 1 aromatic rings. The van der Waals surface area contributed by atoms with Crippen LogP contribution in [0.25, 0.3) is 0 Å². The Morgan fingerprint density at radius 3 is 2.71 bits per heavy atom. The molecule has 0 atom stereocenters. The van der Waals surface area contributed by atoms with E-state index < -0.39 is 0 Å². The van der Waals surface area contributed by atoms with Crippen LogP contribution in [0.1, 0.15) is 12.5 Å². The third-order valence-corrected chi connectivity index (χ3v) is 3.15. The summed E-state index contributed by atoms with van der Waals surface area (Å²) in [5, 5.41) is 17.2. The van der Waals surface area contributed by atoms with Gasteiger partial charge in [-0.2, -0.15) is 11.8 Å². The largest absolute Gasteiger partial charge is 0.357 e. The van der Waals surface area contributed by atoms with Crippen molar-refractivity contribution >= 4 is 47.4 Å². The molecule has 0 radical (unpaired) electrons. The standard InChI is InChI=1S/C13H20N4O2S.HI/c1-3-14-13(15-8-9-20-2)16-10-11-6-4-5-7-12(11)17(18)19;/h4-7H,3,8-10H2,1-2H3,(H2,14,15,16);1H. The maximum Gasteiger partial charge on any atom is 0.274 e. The van der Waals surface area contributed by atoms with Gasteiger partial charge in [-0.05, 0) is 13.2 Å². The average Bonchev–Trinajstić information content (AvgIpc) is 2.45. The van der Waals surface area contributed by atoms with Gasteiger partial charge in [0.25, 0.3) is 5.69 Å². The van der Waals surface area contributed by atoms with Gasteiger partial charge in [0.2, 0.25) is 0 Å². The van der Waals surface area contributed by atoms with Crippen LogP contribution in [-0.4, -0.2) is 36.0 Å². The molecular formula is C13H21IN4O2S. The van der Waals surface area contributed by atoms with Crippen molar-refractivity contribution in [2.45, 2.75) is 13.5 Å². The summed E-state index contributed by atoms with van der Waals surface area (Å²) in [4.78, 5) is 14.9. The van der Waals surface area contributed by atoms with E-state index >= 15 is 0 Å². The van der Waals surface area contributed by atoms with Gasteiger partial charge >= 0.3 is 0 Å². The monoisotopic (exact) mass is 424 g/mol. The maximum atomic E-state index is 10.9. The Balaban J connectivity index is 0.00000400. The van der Waals surface area contributed by atoms with E-state index in [2.05, 4.69) is 15.6 Å². The van der Waals surface area contributed by atoms with Gasteiger partial charge in [0, 0.05) is 24.9 Å². The minimum atomic E-state index is -0.376. The average molecular weight is 424 g/mol. The zero-order valence-corrected chi connectivity index (χ0v) is 15.3. The van der Waals surface area contributed by atoms with E-state index in [0.29, 0.717) is 11.5 Å². The van der Waals surface area contributed by atoms with E-state index in [9.17, 15) is 10.1 Å². The lowest BCUT2D eigenvalue weighted by atomic mass is 10.2. The summed E-state index contributed by atoms with van der Waals surface area (Å²) in [5.41, 5.74) is 0.718. The lowest BCUT2D eigenvalue weighted by molar-refractivity contribution is -0.385. The Kier molecular flexibility index (Phi) is 11.0. The van der Waals surface area contributed by atoms with Crippen molar-refractivity contribution in [1.82, 2.24) is 10.6 Å². The van der Waals surface area contributed by atoms with Crippen molar-refractivity contribution in [3.05, 3.63) is 39.9 Å². The number of rotatable bonds is 7. The Morgan fingerprint density at radius 2 is 2.10 bits per heavy atom. The third kappa shape index (κ3) is 7.51. The van der Waals surface area contributed by atoms with Crippen LogP contribution < -0.4 is 10.6 Å². The molecule has 0 heterocycles. The van der Waals surface area contributed by atoms with Gasteiger partial charge in [-0.3, -0.25) is 10.1 Å². The van der Waals surface area contributed by atoms with Crippen LogP contribution in [0.2, 0.25) is 0 Å². The predicted octanol–water partition coefficient (Wildman–Crippen LogP) is 2.63. The number of aliphatic imine (C=N–C) groups is 1. The number of nitro groups is 1. The van der Waals surface area contributed by atoms with Crippen LogP contribution in [0.5, 0.6) is 0 Å². The maximum absolute atomic E-state index is 10.9. The number of guanidine groups is 1. The van der Waals surface area contributed by atoms with Crippen LogP contribution in [0, 0.1) is 10.1 Å². The van der Waals surface area contributed by atoms with Crippen LogP contribution in [-0.2, 0) is 6.54 Å². The van der Waals surface area contributed by atoms with E-state index in [-0.39, 0.29) is 41.1 Å². The minimum absolute atomic E-state index is 0. The molecule has 2 N–H and O–H groups in total. The molecule has 0 fully saturated rings. The highest BCUT2D eigenvalue weighted by atomic mass is 127. The SMILES string of the molecule is CCNC(=NCc1ccccc1[N+](=O)[O-])NCCSC.I. The minimum Gasteiger partial charge on any atom is -0.357 e. The fourth-order valence-electron chi connectivity index (χ4n) is 1.60. The van der Waals surface area contributed by atoms with E-state index in [0.717, 1.165) is 18.8 Å². The van der Waals surface area contributed by atoms with Gasteiger partial charge in [-0.15, -0.1) is 24.0 Å². The number of thioether (sulfide) groups is 1. The van der Waals surface area contributed by atoms with Crippen molar-refractivity contribution in [1.29, 1.82) is 0 Å². The summed E-state index contributed by atoms with van der Waals surface area (Å²) in [5.74, 6) is 1.66. The van der Waals surface area contributed by atoms with E-state index in [1.165, 1.54) is 6.07 Å². The van der Waals surface area contributed by atoms with Gasteiger partial charge in [0.05, 0.1) is 17.0 Å². The zero-order valence-electron chi connectivity index (χ0n) is 12.2. The third-order valence-electron chi connectivity index (χ3n) is 2.54. The first kappa shape index (κ1) is 20.0. The van der Waals surface area contributed by atoms with Crippen molar-refractivity contribution in [3.63, 3.8) is 0 Å². The fourth-order valence-corrected chi connectivity index (χ4v) is 1.91. The molecule has 0 saturated heterocycles. The summed E-state index contributed by atoms with van der Waals surface area (Å²) < 4.78 is 0. The Hall–Kier alpha value is -1.03. The molecule has 8 heteroatoms. The Bertz CT molecular complexity index is 471. The highest BCUT2D eigenvalue weighted by molar-refractivity contribution is 14.0. The molecule has 6 nitrogen and oxygen atoms in total. The van der Waals surface area contributed by atoms with E-state index in [1.807, 2.05) is 13.2 Å². The normalized spacial score (nSPS) is 10.7. The predicted molar refractivity (Wildman–Crippen MR) is 99.7 cm³/mol. The first-order chi connectivity index (χ1) is 9.69. The fraction of sp³-hybridized carbons (Fsp3) is 0.462. The van der Waals surface area contributed by atoms with Crippen molar-refractivity contribution in [2.75, 3.05) is 25.1 Å². The van der Waals surface area contributed by atoms with Crippen LogP contribution in [0.3, 0.4) is 0 Å².